The second-order valence-corrected chi connectivity index (χ2v) is 10.2. The average Bonchev–Trinajstić information content (AvgIpc) is 3.10. The summed E-state index contributed by atoms with van der Waals surface area (Å²) in [4.78, 5) is 31.9. The van der Waals surface area contributed by atoms with Crippen LogP contribution in [-0.4, -0.2) is 66.0 Å². The van der Waals surface area contributed by atoms with E-state index in [2.05, 4.69) is 60.4 Å². The molecule has 2 aliphatic rings. The lowest BCUT2D eigenvalue weighted by molar-refractivity contribution is -0.134. The summed E-state index contributed by atoms with van der Waals surface area (Å²) in [6.07, 6.45) is 2.02. The largest absolute Gasteiger partial charge is 0.497 e. The Balaban J connectivity index is 1.23. The number of likely N-dealkylation sites (tertiary alicyclic amines) is 1. The van der Waals surface area contributed by atoms with Crippen LogP contribution in [0.15, 0.2) is 72.8 Å². The first-order valence-corrected chi connectivity index (χ1v) is 13.0. The van der Waals surface area contributed by atoms with Gasteiger partial charge in [-0.25, -0.2) is 4.79 Å². The summed E-state index contributed by atoms with van der Waals surface area (Å²) in [7, 11) is 3.26. The van der Waals surface area contributed by atoms with Gasteiger partial charge in [0, 0.05) is 33.2 Å². The fourth-order valence-corrected chi connectivity index (χ4v) is 5.73. The Bertz CT molecular complexity index is 1260. The number of methoxy groups -OCH3 is 1. The number of ether oxygens (including phenoxy) is 1. The van der Waals surface area contributed by atoms with Gasteiger partial charge < -0.3 is 9.64 Å². The van der Waals surface area contributed by atoms with Gasteiger partial charge in [-0.2, -0.15) is 0 Å². The summed E-state index contributed by atoms with van der Waals surface area (Å²) in [5.74, 6) is 0.749. The third kappa shape index (κ3) is 4.86. The maximum absolute atomic E-state index is 13.3. The van der Waals surface area contributed by atoms with Crippen molar-refractivity contribution in [3.8, 4) is 16.9 Å². The van der Waals surface area contributed by atoms with Crippen LogP contribution < -0.4 is 4.74 Å². The number of aryl methyl sites for hydroxylation is 1. The number of piperidine rings is 1. The maximum atomic E-state index is 13.3. The minimum absolute atomic E-state index is 0.0607. The van der Waals surface area contributed by atoms with E-state index in [4.69, 9.17) is 4.74 Å². The molecule has 3 aromatic carbocycles. The van der Waals surface area contributed by atoms with Crippen LogP contribution in [0.3, 0.4) is 0 Å². The smallest absolute Gasteiger partial charge is 0.327 e. The molecule has 2 aliphatic heterocycles. The number of imide groups is 1. The van der Waals surface area contributed by atoms with Gasteiger partial charge in [-0.05, 0) is 66.1 Å². The first-order valence-electron chi connectivity index (χ1n) is 13.0. The van der Waals surface area contributed by atoms with E-state index in [9.17, 15) is 9.59 Å². The molecule has 1 spiro atoms. The average molecular weight is 498 g/mol. The van der Waals surface area contributed by atoms with Crippen molar-refractivity contribution in [3.63, 3.8) is 0 Å². The third-order valence-corrected chi connectivity index (χ3v) is 8.02. The number of benzene rings is 3. The molecule has 0 unspecified atom stereocenters. The number of amides is 3. The van der Waals surface area contributed by atoms with Crippen molar-refractivity contribution in [2.24, 2.45) is 0 Å². The lowest BCUT2D eigenvalue weighted by Gasteiger charge is -2.42. The van der Waals surface area contributed by atoms with E-state index < -0.39 is 5.54 Å². The highest BCUT2D eigenvalue weighted by Crippen LogP contribution is 2.37. The normalized spacial score (nSPS) is 17.6. The van der Waals surface area contributed by atoms with Gasteiger partial charge in [-0.15, -0.1) is 0 Å². The van der Waals surface area contributed by atoms with Gasteiger partial charge in [0.15, 0.2) is 0 Å². The number of carbonyl (C=O) groups is 2. The molecule has 0 N–H and O–H groups in total. The second-order valence-electron chi connectivity index (χ2n) is 10.2. The minimum Gasteiger partial charge on any atom is -0.497 e. The number of likely N-dealkylation sites (N-methyl/N-ethyl adjacent to an activating group) is 1. The SMILES string of the molecule is COc1ccc(CCN2C(=O)N(C)C(=O)C23CCN(Cc2ccc(-c4ccccc4C)cc2)CC3)cc1. The minimum atomic E-state index is -0.733. The van der Waals surface area contributed by atoms with Gasteiger partial charge in [0.05, 0.1) is 7.11 Å². The number of nitrogens with zero attached hydrogens (tertiary/aromatic N) is 3. The van der Waals surface area contributed by atoms with Crippen LogP contribution >= 0.6 is 0 Å². The molecule has 0 radical (unpaired) electrons. The summed E-state index contributed by atoms with van der Waals surface area (Å²) in [6, 6.07) is 24.9. The van der Waals surface area contributed by atoms with E-state index >= 15 is 0 Å². The van der Waals surface area contributed by atoms with Crippen LogP contribution in [0.2, 0.25) is 0 Å². The lowest BCUT2D eigenvalue weighted by atomic mass is 9.85. The topological polar surface area (TPSA) is 53.1 Å². The van der Waals surface area contributed by atoms with E-state index in [-0.39, 0.29) is 11.9 Å². The third-order valence-electron chi connectivity index (χ3n) is 8.02. The number of carbonyl (C=O) groups excluding carboxylic acids is 2. The Hall–Kier alpha value is -3.64. The van der Waals surface area contributed by atoms with E-state index in [1.54, 1.807) is 14.2 Å². The molecule has 0 aliphatic carbocycles. The molecule has 3 aromatic rings. The Morgan fingerprint density at radius 2 is 1.51 bits per heavy atom. The zero-order valence-electron chi connectivity index (χ0n) is 21.9. The van der Waals surface area contributed by atoms with Gasteiger partial charge in [-0.1, -0.05) is 60.7 Å². The van der Waals surface area contributed by atoms with Gasteiger partial charge >= 0.3 is 6.03 Å². The van der Waals surface area contributed by atoms with Crippen molar-refractivity contribution in [2.45, 2.75) is 38.3 Å². The molecule has 6 nitrogen and oxygen atoms in total. The summed E-state index contributed by atoms with van der Waals surface area (Å²) >= 11 is 0. The zero-order valence-corrected chi connectivity index (χ0v) is 21.9. The molecule has 2 saturated heterocycles. The van der Waals surface area contributed by atoms with Crippen molar-refractivity contribution in [1.82, 2.24) is 14.7 Å². The Morgan fingerprint density at radius 1 is 0.865 bits per heavy atom. The predicted octanol–water partition coefficient (Wildman–Crippen LogP) is 5.14. The summed E-state index contributed by atoms with van der Waals surface area (Å²) in [5, 5.41) is 0. The van der Waals surface area contributed by atoms with E-state index in [1.165, 1.54) is 27.2 Å². The molecule has 3 amide bonds. The van der Waals surface area contributed by atoms with Crippen molar-refractivity contribution in [2.75, 3.05) is 33.8 Å². The molecule has 192 valence electrons. The lowest BCUT2D eigenvalue weighted by Crippen LogP contribution is -2.56. The van der Waals surface area contributed by atoms with Crippen molar-refractivity contribution < 1.29 is 14.3 Å². The van der Waals surface area contributed by atoms with Crippen LogP contribution in [0, 0.1) is 6.92 Å². The quantitative estimate of drug-likeness (QED) is 0.424. The van der Waals surface area contributed by atoms with Gasteiger partial charge in [0.25, 0.3) is 5.91 Å². The fourth-order valence-electron chi connectivity index (χ4n) is 5.73. The molecule has 37 heavy (non-hydrogen) atoms. The van der Waals surface area contributed by atoms with E-state index in [0.717, 1.165) is 30.9 Å². The highest BCUT2D eigenvalue weighted by Gasteiger charge is 2.56. The Labute approximate surface area is 219 Å². The van der Waals surface area contributed by atoms with E-state index in [0.29, 0.717) is 25.8 Å². The number of hydrogen-bond donors (Lipinski definition) is 0. The van der Waals surface area contributed by atoms with Crippen LogP contribution in [-0.2, 0) is 17.8 Å². The molecule has 0 bridgehead atoms. The molecule has 0 aromatic heterocycles. The predicted molar refractivity (Wildman–Crippen MR) is 145 cm³/mol. The maximum Gasteiger partial charge on any atom is 0.327 e. The standard InChI is InChI=1S/C31H35N3O3/c1-23-6-4-5-7-28(23)26-12-8-25(9-13-26)22-33-20-17-31(18-21-33)29(35)32(2)30(36)34(31)19-16-24-10-14-27(37-3)15-11-24/h4-15H,16-22H2,1-3H3. The monoisotopic (exact) mass is 497 g/mol. The highest BCUT2D eigenvalue weighted by molar-refractivity contribution is 6.06. The number of hydrogen-bond acceptors (Lipinski definition) is 4. The summed E-state index contributed by atoms with van der Waals surface area (Å²) < 4.78 is 5.25. The van der Waals surface area contributed by atoms with Crippen LogP contribution in [0.5, 0.6) is 5.75 Å². The summed E-state index contributed by atoms with van der Waals surface area (Å²) in [5.41, 5.74) is 5.41. The molecule has 6 heteroatoms. The summed E-state index contributed by atoms with van der Waals surface area (Å²) in [6.45, 7) is 5.08. The Morgan fingerprint density at radius 3 is 2.16 bits per heavy atom. The zero-order chi connectivity index (χ0) is 26.0. The van der Waals surface area contributed by atoms with Crippen LogP contribution in [0.25, 0.3) is 11.1 Å². The van der Waals surface area contributed by atoms with Crippen molar-refractivity contribution in [1.29, 1.82) is 0 Å². The van der Waals surface area contributed by atoms with E-state index in [1.807, 2.05) is 29.2 Å². The fraction of sp³-hybridized carbons (Fsp3) is 0.355. The van der Waals surface area contributed by atoms with Gasteiger partial charge in [0.2, 0.25) is 0 Å². The second kappa shape index (κ2) is 10.4. The van der Waals surface area contributed by atoms with Crippen molar-refractivity contribution in [3.05, 3.63) is 89.5 Å². The number of urea groups is 1. The first-order chi connectivity index (χ1) is 17.9. The first kappa shape index (κ1) is 25.0. The van der Waals surface area contributed by atoms with Gasteiger partial charge in [0.1, 0.15) is 11.3 Å². The molecule has 2 fully saturated rings. The molecular weight excluding hydrogens is 462 g/mol. The molecule has 5 rings (SSSR count). The Kier molecular flexibility index (Phi) is 7.02. The molecule has 0 saturated carbocycles. The molecular formula is C31H35N3O3. The molecule has 0 atom stereocenters. The van der Waals surface area contributed by atoms with Crippen LogP contribution in [0.4, 0.5) is 4.79 Å². The number of rotatable bonds is 7. The highest BCUT2D eigenvalue weighted by atomic mass is 16.5. The molecule has 2 heterocycles. The van der Waals surface area contributed by atoms with Crippen LogP contribution in [0.1, 0.15) is 29.5 Å². The van der Waals surface area contributed by atoms with Crippen molar-refractivity contribution >= 4 is 11.9 Å². The van der Waals surface area contributed by atoms with Gasteiger partial charge in [-0.3, -0.25) is 14.6 Å².